The molecule has 0 aliphatic heterocycles. The van der Waals surface area contributed by atoms with Gasteiger partial charge < -0.3 is 9.84 Å². The number of aryl methyl sites for hydroxylation is 1. The van der Waals surface area contributed by atoms with Crippen molar-refractivity contribution in [2.24, 2.45) is 5.92 Å². The Morgan fingerprint density at radius 2 is 1.94 bits per heavy atom. The molecule has 0 aromatic heterocycles. The Hall–Kier alpha value is -1.51. The van der Waals surface area contributed by atoms with Crippen molar-refractivity contribution < 1.29 is 14.6 Å². The van der Waals surface area contributed by atoms with E-state index >= 15 is 0 Å². The maximum Gasteiger partial charge on any atom is 0.306 e. The lowest BCUT2D eigenvalue weighted by atomic mass is 9.89. The van der Waals surface area contributed by atoms with Gasteiger partial charge in [-0.05, 0) is 36.0 Å². The third-order valence-corrected chi connectivity index (χ3v) is 3.25. The van der Waals surface area contributed by atoms with Crippen molar-refractivity contribution in [1.29, 1.82) is 0 Å². The molecular weight excluding hydrogens is 228 g/mol. The van der Waals surface area contributed by atoms with Crippen LogP contribution in [0.5, 0.6) is 5.75 Å². The Labute approximate surface area is 109 Å². The van der Waals surface area contributed by atoms with Gasteiger partial charge in [0.2, 0.25) is 0 Å². The van der Waals surface area contributed by atoms with Crippen molar-refractivity contribution in [3.63, 3.8) is 0 Å². The zero-order valence-corrected chi connectivity index (χ0v) is 11.8. The minimum absolute atomic E-state index is 0.357. The van der Waals surface area contributed by atoms with Crippen LogP contribution in [-0.4, -0.2) is 18.2 Å². The molecule has 0 aliphatic carbocycles. The van der Waals surface area contributed by atoms with E-state index in [0.717, 1.165) is 16.9 Å². The quantitative estimate of drug-likeness (QED) is 0.871. The molecule has 0 saturated carbocycles. The predicted molar refractivity (Wildman–Crippen MR) is 72.3 cm³/mol. The number of ether oxygens (including phenoxy) is 1. The molecule has 0 aliphatic rings. The number of hydrogen-bond acceptors (Lipinski definition) is 2. The van der Waals surface area contributed by atoms with Gasteiger partial charge in [0.05, 0.1) is 13.0 Å². The summed E-state index contributed by atoms with van der Waals surface area (Å²) in [5.41, 5.74) is 3.25. The van der Waals surface area contributed by atoms with Crippen molar-refractivity contribution in [3.8, 4) is 5.75 Å². The van der Waals surface area contributed by atoms with Crippen LogP contribution in [0.4, 0.5) is 0 Å². The first-order valence-corrected chi connectivity index (χ1v) is 6.27. The summed E-state index contributed by atoms with van der Waals surface area (Å²) in [5, 5.41) is 9.06. The molecule has 1 aromatic rings. The number of carboxylic acids is 1. The van der Waals surface area contributed by atoms with Gasteiger partial charge in [-0.3, -0.25) is 4.79 Å². The van der Waals surface area contributed by atoms with Gasteiger partial charge in [0.15, 0.2) is 0 Å². The van der Waals surface area contributed by atoms with Gasteiger partial charge in [-0.2, -0.15) is 0 Å². The minimum Gasteiger partial charge on any atom is -0.496 e. The summed E-state index contributed by atoms with van der Waals surface area (Å²) in [6.45, 7) is 7.93. The number of carboxylic acid groups (broad SMARTS) is 1. The first-order valence-electron chi connectivity index (χ1n) is 6.27. The van der Waals surface area contributed by atoms with Gasteiger partial charge in [-0.1, -0.05) is 32.9 Å². The topological polar surface area (TPSA) is 46.5 Å². The van der Waals surface area contributed by atoms with E-state index in [9.17, 15) is 4.79 Å². The summed E-state index contributed by atoms with van der Waals surface area (Å²) in [5.74, 6) is 0.0104. The summed E-state index contributed by atoms with van der Waals surface area (Å²) < 4.78 is 5.45. The van der Waals surface area contributed by atoms with E-state index in [1.807, 2.05) is 13.0 Å². The van der Waals surface area contributed by atoms with Crippen LogP contribution >= 0.6 is 0 Å². The highest BCUT2D eigenvalue weighted by Gasteiger charge is 2.20. The van der Waals surface area contributed by atoms with Crippen LogP contribution in [-0.2, 0) is 11.2 Å². The second-order valence-corrected chi connectivity index (χ2v) is 5.08. The van der Waals surface area contributed by atoms with E-state index < -0.39 is 11.9 Å². The Balaban J connectivity index is 3.27. The number of hydrogen-bond donors (Lipinski definition) is 1. The van der Waals surface area contributed by atoms with Gasteiger partial charge in [-0.15, -0.1) is 0 Å². The fraction of sp³-hybridized carbons (Fsp3) is 0.533. The Kier molecular flexibility index (Phi) is 4.76. The second-order valence-electron chi connectivity index (χ2n) is 5.08. The van der Waals surface area contributed by atoms with Gasteiger partial charge in [-0.25, -0.2) is 0 Å². The maximum atomic E-state index is 11.0. The van der Waals surface area contributed by atoms with Crippen molar-refractivity contribution in [3.05, 3.63) is 28.8 Å². The Bertz CT molecular complexity index is 436. The smallest absolute Gasteiger partial charge is 0.306 e. The van der Waals surface area contributed by atoms with Gasteiger partial charge in [0.1, 0.15) is 5.75 Å². The number of benzene rings is 1. The molecule has 1 aromatic carbocycles. The molecule has 0 amide bonds. The van der Waals surface area contributed by atoms with E-state index in [1.54, 1.807) is 14.0 Å². The zero-order valence-electron chi connectivity index (χ0n) is 11.8. The van der Waals surface area contributed by atoms with Crippen molar-refractivity contribution in [1.82, 2.24) is 0 Å². The van der Waals surface area contributed by atoms with Crippen LogP contribution in [0, 0.1) is 12.8 Å². The summed E-state index contributed by atoms with van der Waals surface area (Å²) in [6.07, 6.45) is 0.508. The lowest BCUT2D eigenvalue weighted by Crippen LogP contribution is -2.15. The van der Waals surface area contributed by atoms with Crippen LogP contribution in [0.15, 0.2) is 12.1 Å². The molecule has 3 nitrogen and oxygen atoms in total. The fourth-order valence-electron chi connectivity index (χ4n) is 2.19. The predicted octanol–water partition coefficient (Wildman–Crippen LogP) is 3.39. The Morgan fingerprint density at radius 3 is 2.39 bits per heavy atom. The average Bonchev–Trinajstić information content (AvgIpc) is 2.28. The standard InChI is InChI=1S/C15H22O3/c1-9(2)12-7-6-10(3)14(18-5)13(12)8-11(4)15(16)17/h6-7,9,11H,8H2,1-5H3,(H,16,17). The molecule has 0 spiro atoms. The Morgan fingerprint density at radius 1 is 1.33 bits per heavy atom. The van der Waals surface area contributed by atoms with Crippen molar-refractivity contribution in [2.75, 3.05) is 7.11 Å². The van der Waals surface area contributed by atoms with Gasteiger partial charge in [0.25, 0.3) is 0 Å². The maximum absolute atomic E-state index is 11.0. The van der Waals surface area contributed by atoms with Gasteiger partial charge >= 0.3 is 5.97 Å². The number of methoxy groups -OCH3 is 1. The van der Waals surface area contributed by atoms with E-state index in [2.05, 4.69) is 19.9 Å². The number of aliphatic carboxylic acids is 1. The minimum atomic E-state index is -0.770. The monoisotopic (exact) mass is 250 g/mol. The molecule has 1 rings (SSSR count). The molecule has 1 N–H and O–H groups in total. The summed E-state index contributed by atoms with van der Waals surface area (Å²) >= 11 is 0. The average molecular weight is 250 g/mol. The zero-order chi connectivity index (χ0) is 13.9. The summed E-state index contributed by atoms with van der Waals surface area (Å²) in [4.78, 5) is 11.0. The van der Waals surface area contributed by atoms with Crippen LogP contribution in [0.25, 0.3) is 0 Å². The molecule has 100 valence electrons. The molecule has 0 radical (unpaired) electrons. The summed E-state index contributed by atoms with van der Waals surface area (Å²) in [6, 6.07) is 4.11. The number of rotatable bonds is 5. The molecule has 0 saturated heterocycles. The highest BCUT2D eigenvalue weighted by molar-refractivity contribution is 5.70. The lowest BCUT2D eigenvalue weighted by Gasteiger charge is -2.19. The molecular formula is C15H22O3. The molecule has 1 atom stereocenters. The molecule has 0 heterocycles. The van der Waals surface area contributed by atoms with Crippen LogP contribution in [0.1, 0.15) is 43.4 Å². The first kappa shape index (κ1) is 14.6. The molecule has 3 heteroatoms. The lowest BCUT2D eigenvalue weighted by molar-refractivity contribution is -0.141. The molecule has 0 fully saturated rings. The van der Waals surface area contributed by atoms with Gasteiger partial charge in [0, 0.05) is 0 Å². The third kappa shape index (κ3) is 3.03. The largest absolute Gasteiger partial charge is 0.496 e. The van der Waals surface area contributed by atoms with E-state index in [1.165, 1.54) is 5.56 Å². The molecule has 1 unspecified atom stereocenters. The highest BCUT2D eigenvalue weighted by Crippen LogP contribution is 2.33. The van der Waals surface area contributed by atoms with Crippen molar-refractivity contribution >= 4 is 5.97 Å². The molecule has 0 bridgehead atoms. The van der Waals surface area contributed by atoms with E-state index in [-0.39, 0.29) is 0 Å². The second kappa shape index (κ2) is 5.89. The first-order chi connectivity index (χ1) is 8.38. The van der Waals surface area contributed by atoms with Crippen LogP contribution < -0.4 is 4.74 Å². The SMILES string of the molecule is COc1c(C)ccc(C(C)C)c1CC(C)C(=O)O. The third-order valence-electron chi connectivity index (χ3n) is 3.25. The van der Waals surface area contributed by atoms with Crippen LogP contribution in [0.3, 0.4) is 0 Å². The number of carbonyl (C=O) groups is 1. The summed E-state index contributed by atoms with van der Waals surface area (Å²) in [7, 11) is 1.64. The van der Waals surface area contributed by atoms with E-state index in [4.69, 9.17) is 9.84 Å². The van der Waals surface area contributed by atoms with E-state index in [0.29, 0.717) is 12.3 Å². The van der Waals surface area contributed by atoms with Crippen LogP contribution in [0.2, 0.25) is 0 Å². The normalized spacial score (nSPS) is 12.6. The fourth-order valence-corrected chi connectivity index (χ4v) is 2.19. The molecule has 18 heavy (non-hydrogen) atoms. The highest BCUT2D eigenvalue weighted by atomic mass is 16.5. The van der Waals surface area contributed by atoms with Crippen molar-refractivity contribution in [2.45, 2.75) is 40.0 Å².